The van der Waals surface area contributed by atoms with Crippen molar-refractivity contribution in [1.29, 1.82) is 0 Å². The van der Waals surface area contributed by atoms with Crippen LogP contribution in [0.3, 0.4) is 0 Å². The van der Waals surface area contributed by atoms with Gasteiger partial charge in [0, 0.05) is 19.0 Å². The molecule has 6 nitrogen and oxygen atoms in total. The molecule has 0 aliphatic carbocycles. The second-order valence-corrected chi connectivity index (χ2v) is 6.49. The molecular formula is C10H18N4O2S. The molecule has 0 saturated carbocycles. The largest absolute Gasteiger partial charge is 0.355 e. The summed E-state index contributed by atoms with van der Waals surface area (Å²) in [5.41, 5.74) is 0. The standard InChI is InChI=1S/C10H18N4O2S/c1-3-11-10-13-12-9(14(10)4-2)8-5-6-17(15,16)7-8/h8H,3-7H2,1-2H3,(H,11,13). The molecule has 0 amide bonds. The maximum Gasteiger partial charge on any atom is 0.224 e. The minimum absolute atomic E-state index is 0.000133. The van der Waals surface area contributed by atoms with Gasteiger partial charge in [0.05, 0.1) is 11.5 Å². The van der Waals surface area contributed by atoms with Crippen molar-refractivity contribution in [1.82, 2.24) is 14.8 Å². The van der Waals surface area contributed by atoms with Crippen LogP contribution in [-0.4, -0.2) is 41.2 Å². The lowest BCUT2D eigenvalue weighted by Gasteiger charge is -2.11. The summed E-state index contributed by atoms with van der Waals surface area (Å²) in [5, 5.41) is 11.3. The molecule has 0 radical (unpaired) electrons. The molecular weight excluding hydrogens is 240 g/mol. The average Bonchev–Trinajstić information content (AvgIpc) is 2.82. The fraction of sp³-hybridized carbons (Fsp3) is 0.800. The van der Waals surface area contributed by atoms with E-state index in [4.69, 9.17) is 0 Å². The van der Waals surface area contributed by atoms with Crippen molar-refractivity contribution in [2.75, 3.05) is 23.4 Å². The van der Waals surface area contributed by atoms with E-state index in [9.17, 15) is 8.42 Å². The van der Waals surface area contributed by atoms with Gasteiger partial charge in [0.25, 0.3) is 0 Å². The predicted octanol–water partition coefficient (Wildman–Crippen LogP) is 0.632. The minimum Gasteiger partial charge on any atom is -0.355 e. The molecule has 1 atom stereocenters. The van der Waals surface area contributed by atoms with E-state index in [0.717, 1.165) is 24.9 Å². The Balaban J connectivity index is 2.27. The Labute approximate surface area is 101 Å². The fourth-order valence-electron chi connectivity index (χ4n) is 2.22. The molecule has 1 aromatic heterocycles. The molecule has 0 spiro atoms. The van der Waals surface area contributed by atoms with Crippen LogP contribution in [0.15, 0.2) is 0 Å². The number of hydrogen-bond acceptors (Lipinski definition) is 5. The van der Waals surface area contributed by atoms with Crippen molar-refractivity contribution in [3.05, 3.63) is 5.82 Å². The van der Waals surface area contributed by atoms with E-state index in [1.54, 1.807) is 0 Å². The Morgan fingerprint density at radius 1 is 1.41 bits per heavy atom. The van der Waals surface area contributed by atoms with Gasteiger partial charge in [-0.1, -0.05) is 0 Å². The van der Waals surface area contributed by atoms with Gasteiger partial charge in [0.15, 0.2) is 9.84 Å². The molecule has 17 heavy (non-hydrogen) atoms. The highest BCUT2D eigenvalue weighted by atomic mass is 32.2. The van der Waals surface area contributed by atoms with Crippen molar-refractivity contribution in [2.45, 2.75) is 32.7 Å². The molecule has 2 heterocycles. The highest BCUT2D eigenvalue weighted by Crippen LogP contribution is 2.28. The molecule has 1 unspecified atom stereocenters. The molecule has 0 bridgehead atoms. The van der Waals surface area contributed by atoms with Gasteiger partial charge in [-0.25, -0.2) is 8.42 Å². The molecule has 1 fully saturated rings. The number of hydrogen-bond donors (Lipinski definition) is 1. The molecule has 1 aliphatic rings. The number of nitrogens with zero attached hydrogens (tertiary/aromatic N) is 3. The quantitative estimate of drug-likeness (QED) is 0.857. The zero-order valence-electron chi connectivity index (χ0n) is 10.2. The first-order valence-electron chi connectivity index (χ1n) is 5.94. The van der Waals surface area contributed by atoms with Gasteiger partial charge >= 0.3 is 0 Å². The van der Waals surface area contributed by atoms with Crippen molar-refractivity contribution in [2.24, 2.45) is 0 Å². The second-order valence-electron chi connectivity index (χ2n) is 4.26. The Bertz CT molecular complexity index is 494. The predicted molar refractivity (Wildman–Crippen MR) is 65.9 cm³/mol. The SMILES string of the molecule is CCNc1nnc(C2CCS(=O)(=O)C2)n1CC. The van der Waals surface area contributed by atoms with E-state index in [2.05, 4.69) is 15.5 Å². The lowest BCUT2D eigenvalue weighted by atomic mass is 10.1. The van der Waals surface area contributed by atoms with Crippen molar-refractivity contribution in [3.63, 3.8) is 0 Å². The summed E-state index contributed by atoms with van der Waals surface area (Å²) in [4.78, 5) is 0. The average molecular weight is 258 g/mol. The third kappa shape index (κ3) is 2.43. The molecule has 2 rings (SSSR count). The van der Waals surface area contributed by atoms with Crippen LogP contribution in [-0.2, 0) is 16.4 Å². The third-order valence-corrected chi connectivity index (χ3v) is 4.80. The normalized spacial score (nSPS) is 22.8. The summed E-state index contributed by atoms with van der Waals surface area (Å²) in [6.45, 7) is 5.54. The van der Waals surface area contributed by atoms with Crippen molar-refractivity contribution < 1.29 is 8.42 Å². The lowest BCUT2D eigenvalue weighted by Crippen LogP contribution is -2.12. The summed E-state index contributed by atoms with van der Waals surface area (Å²) in [6.07, 6.45) is 0.659. The maximum atomic E-state index is 11.5. The van der Waals surface area contributed by atoms with Crippen LogP contribution >= 0.6 is 0 Å². The lowest BCUT2D eigenvalue weighted by molar-refractivity contribution is 0.598. The monoisotopic (exact) mass is 258 g/mol. The summed E-state index contributed by atoms with van der Waals surface area (Å²) in [5.74, 6) is 2.00. The number of nitrogens with one attached hydrogen (secondary N) is 1. The van der Waals surface area contributed by atoms with Crippen LogP contribution in [0.1, 0.15) is 32.0 Å². The van der Waals surface area contributed by atoms with Gasteiger partial charge in [-0.2, -0.15) is 0 Å². The molecule has 1 aromatic rings. The highest BCUT2D eigenvalue weighted by molar-refractivity contribution is 7.91. The highest BCUT2D eigenvalue weighted by Gasteiger charge is 2.32. The Kier molecular flexibility index (Phi) is 3.37. The van der Waals surface area contributed by atoms with Crippen LogP contribution in [0.2, 0.25) is 0 Å². The molecule has 1 saturated heterocycles. The summed E-state index contributed by atoms with van der Waals surface area (Å²) >= 11 is 0. The zero-order chi connectivity index (χ0) is 12.5. The van der Waals surface area contributed by atoms with E-state index < -0.39 is 9.84 Å². The first-order valence-corrected chi connectivity index (χ1v) is 7.77. The van der Waals surface area contributed by atoms with Crippen molar-refractivity contribution in [3.8, 4) is 0 Å². The smallest absolute Gasteiger partial charge is 0.224 e. The number of sulfone groups is 1. The minimum atomic E-state index is -2.87. The number of aromatic nitrogens is 3. The van der Waals surface area contributed by atoms with Gasteiger partial charge in [0.2, 0.25) is 5.95 Å². The first-order chi connectivity index (χ1) is 8.07. The van der Waals surface area contributed by atoms with E-state index in [1.807, 2.05) is 18.4 Å². The Hall–Kier alpha value is -1.11. The van der Waals surface area contributed by atoms with Gasteiger partial charge in [-0.05, 0) is 20.3 Å². The van der Waals surface area contributed by atoms with Crippen LogP contribution in [0.4, 0.5) is 5.95 Å². The van der Waals surface area contributed by atoms with Crippen molar-refractivity contribution >= 4 is 15.8 Å². The Morgan fingerprint density at radius 2 is 2.18 bits per heavy atom. The van der Waals surface area contributed by atoms with Gasteiger partial charge in [0.1, 0.15) is 5.82 Å². The molecule has 1 N–H and O–H groups in total. The van der Waals surface area contributed by atoms with Crippen LogP contribution in [0, 0.1) is 0 Å². The van der Waals surface area contributed by atoms with Crippen LogP contribution in [0.25, 0.3) is 0 Å². The van der Waals surface area contributed by atoms with Gasteiger partial charge < -0.3 is 5.32 Å². The van der Waals surface area contributed by atoms with Crippen LogP contribution in [0.5, 0.6) is 0 Å². The van der Waals surface area contributed by atoms with Gasteiger partial charge in [-0.3, -0.25) is 4.57 Å². The number of anilines is 1. The summed E-state index contributed by atoms with van der Waals surface area (Å²) < 4.78 is 24.9. The maximum absolute atomic E-state index is 11.5. The van der Waals surface area contributed by atoms with E-state index in [0.29, 0.717) is 6.42 Å². The molecule has 7 heteroatoms. The fourth-order valence-corrected chi connectivity index (χ4v) is 3.96. The second kappa shape index (κ2) is 4.64. The molecule has 1 aliphatic heterocycles. The number of rotatable bonds is 4. The van der Waals surface area contributed by atoms with Crippen LogP contribution < -0.4 is 5.32 Å². The van der Waals surface area contributed by atoms with Gasteiger partial charge in [-0.15, -0.1) is 10.2 Å². The Morgan fingerprint density at radius 3 is 2.71 bits per heavy atom. The topological polar surface area (TPSA) is 76.9 Å². The summed E-state index contributed by atoms with van der Waals surface area (Å²) in [6, 6.07) is 0. The first kappa shape index (κ1) is 12.3. The molecule has 96 valence electrons. The summed E-state index contributed by atoms with van der Waals surface area (Å²) in [7, 11) is -2.87. The van der Waals surface area contributed by atoms with E-state index in [-0.39, 0.29) is 17.4 Å². The van der Waals surface area contributed by atoms with E-state index >= 15 is 0 Å². The zero-order valence-corrected chi connectivity index (χ0v) is 11.0. The third-order valence-electron chi connectivity index (χ3n) is 3.03. The van der Waals surface area contributed by atoms with E-state index in [1.165, 1.54) is 0 Å². The molecule has 0 aromatic carbocycles.